The minimum atomic E-state index is 0.293. The molecule has 17 heavy (non-hydrogen) atoms. The molecule has 1 atom stereocenters. The monoisotopic (exact) mass is 271 g/mol. The van der Waals surface area contributed by atoms with Gasteiger partial charge in [0.15, 0.2) is 0 Å². The minimum Gasteiger partial charge on any atom is -0.310 e. The van der Waals surface area contributed by atoms with E-state index in [1.54, 1.807) is 0 Å². The maximum Gasteiger partial charge on any atom is 0.0468 e. The SMILES string of the molecule is CCNC(CCC1CC1)c1c(Cl)cccc1Cl. The molecule has 94 valence electrons. The first-order valence-corrected chi connectivity index (χ1v) is 7.15. The zero-order valence-electron chi connectivity index (χ0n) is 10.2. The highest BCUT2D eigenvalue weighted by Gasteiger charge is 2.24. The number of rotatable bonds is 6. The largest absolute Gasteiger partial charge is 0.310 e. The van der Waals surface area contributed by atoms with Gasteiger partial charge in [-0.05, 0) is 37.4 Å². The van der Waals surface area contributed by atoms with Gasteiger partial charge >= 0.3 is 0 Å². The summed E-state index contributed by atoms with van der Waals surface area (Å²) in [4.78, 5) is 0. The Kier molecular flexibility index (Phi) is 4.72. The third-order valence-electron chi connectivity index (χ3n) is 3.36. The van der Waals surface area contributed by atoms with Crippen LogP contribution in [0.1, 0.15) is 44.2 Å². The van der Waals surface area contributed by atoms with Crippen LogP contribution in [-0.2, 0) is 0 Å². The Hall–Kier alpha value is -0.240. The smallest absolute Gasteiger partial charge is 0.0468 e. The number of nitrogens with one attached hydrogen (secondary N) is 1. The first-order chi connectivity index (χ1) is 8.22. The Morgan fingerprint density at radius 3 is 2.47 bits per heavy atom. The lowest BCUT2D eigenvalue weighted by molar-refractivity contribution is 0.482. The van der Waals surface area contributed by atoms with E-state index in [-0.39, 0.29) is 0 Å². The fraction of sp³-hybridized carbons (Fsp3) is 0.571. The van der Waals surface area contributed by atoms with Crippen molar-refractivity contribution in [2.45, 2.75) is 38.6 Å². The van der Waals surface area contributed by atoms with Crippen LogP contribution in [0, 0.1) is 5.92 Å². The predicted molar refractivity (Wildman–Crippen MR) is 74.8 cm³/mol. The quantitative estimate of drug-likeness (QED) is 0.781. The molecule has 1 aromatic rings. The fourth-order valence-corrected chi connectivity index (χ4v) is 2.91. The van der Waals surface area contributed by atoms with Gasteiger partial charge in [-0.1, -0.05) is 49.0 Å². The standard InChI is InChI=1S/C14H19Cl2N/c1-2-17-13(9-8-10-6-7-10)14-11(15)4-3-5-12(14)16/h3-5,10,13,17H,2,6-9H2,1H3. The molecule has 0 heterocycles. The van der Waals surface area contributed by atoms with Crippen molar-refractivity contribution < 1.29 is 0 Å². The lowest BCUT2D eigenvalue weighted by Crippen LogP contribution is -2.21. The molecule has 0 spiro atoms. The van der Waals surface area contributed by atoms with Gasteiger partial charge in [0, 0.05) is 21.7 Å². The summed E-state index contributed by atoms with van der Waals surface area (Å²) in [5.41, 5.74) is 1.07. The Labute approximate surface area is 114 Å². The normalized spacial score (nSPS) is 17.1. The minimum absolute atomic E-state index is 0.293. The first-order valence-electron chi connectivity index (χ1n) is 6.39. The number of halogens is 2. The summed E-state index contributed by atoms with van der Waals surface area (Å²) in [7, 11) is 0. The molecule has 2 rings (SSSR count). The summed E-state index contributed by atoms with van der Waals surface area (Å²) in [6.07, 6.45) is 5.20. The maximum atomic E-state index is 6.27. The van der Waals surface area contributed by atoms with E-state index in [9.17, 15) is 0 Å². The Morgan fingerprint density at radius 2 is 1.94 bits per heavy atom. The van der Waals surface area contributed by atoms with E-state index in [0.717, 1.165) is 34.5 Å². The topological polar surface area (TPSA) is 12.0 Å². The van der Waals surface area contributed by atoms with Gasteiger partial charge in [0.1, 0.15) is 0 Å². The Balaban J connectivity index is 2.11. The van der Waals surface area contributed by atoms with Gasteiger partial charge in [0.2, 0.25) is 0 Å². The van der Waals surface area contributed by atoms with Crippen LogP contribution in [0.3, 0.4) is 0 Å². The van der Waals surface area contributed by atoms with Crippen LogP contribution in [0.4, 0.5) is 0 Å². The number of hydrogen-bond donors (Lipinski definition) is 1. The summed E-state index contributed by atoms with van der Waals surface area (Å²) >= 11 is 12.5. The molecule has 3 heteroatoms. The van der Waals surface area contributed by atoms with E-state index in [0.29, 0.717) is 6.04 Å². The Bertz CT molecular complexity index is 354. The summed E-state index contributed by atoms with van der Waals surface area (Å²) in [5.74, 6) is 0.942. The number of benzene rings is 1. The van der Waals surface area contributed by atoms with Crippen LogP contribution < -0.4 is 5.32 Å². The van der Waals surface area contributed by atoms with Crippen LogP contribution in [0.15, 0.2) is 18.2 Å². The molecule has 1 aromatic carbocycles. The predicted octanol–water partition coefficient (Wildman–Crippen LogP) is 4.83. The zero-order valence-corrected chi connectivity index (χ0v) is 11.7. The average Bonchev–Trinajstić information content (AvgIpc) is 3.09. The molecule has 0 aromatic heterocycles. The van der Waals surface area contributed by atoms with E-state index in [1.165, 1.54) is 19.3 Å². The lowest BCUT2D eigenvalue weighted by Gasteiger charge is -2.20. The number of hydrogen-bond acceptors (Lipinski definition) is 1. The van der Waals surface area contributed by atoms with Crippen molar-refractivity contribution in [3.05, 3.63) is 33.8 Å². The molecule has 1 saturated carbocycles. The van der Waals surface area contributed by atoms with Crippen molar-refractivity contribution in [1.29, 1.82) is 0 Å². The second kappa shape index (κ2) is 6.08. The third-order valence-corrected chi connectivity index (χ3v) is 4.02. The molecule has 1 N–H and O–H groups in total. The highest BCUT2D eigenvalue weighted by atomic mass is 35.5. The van der Waals surface area contributed by atoms with Crippen molar-refractivity contribution in [3.8, 4) is 0 Å². The van der Waals surface area contributed by atoms with Gasteiger partial charge < -0.3 is 5.32 Å². The van der Waals surface area contributed by atoms with Crippen molar-refractivity contribution in [3.63, 3.8) is 0 Å². The maximum absolute atomic E-state index is 6.27. The highest BCUT2D eigenvalue weighted by molar-refractivity contribution is 6.36. The third kappa shape index (κ3) is 3.61. The molecular formula is C14H19Cl2N. The van der Waals surface area contributed by atoms with Crippen LogP contribution >= 0.6 is 23.2 Å². The van der Waals surface area contributed by atoms with Gasteiger partial charge in [-0.15, -0.1) is 0 Å². The van der Waals surface area contributed by atoms with Crippen molar-refractivity contribution in [2.75, 3.05) is 6.54 Å². The second-order valence-corrected chi connectivity index (χ2v) is 5.58. The molecule has 0 aliphatic heterocycles. The summed E-state index contributed by atoms with van der Waals surface area (Å²) in [5, 5.41) is 5.05. The van der Waals surface area contributed by atoms with E-state index < -0.39 is 0 Å². The van der Waals surface area contributed by atoms with Gasteiger partial charge in [0.25, 0.3) is 0 Å². The van der Waals surface area contributed by atoms with Gasteiger partial charge in [-0.3, -0.25) is 0 Å². The highest BCUT2D eigenvalue weighted by Crippen LogP contribution is 2.38. The zero-order chi connectivity index (χ0) is 12.3. The molecule has 0 radical (unpaired) electrons. The van der Waals surface area contributed by atoms with Gasteiger partial charge in [-0.25, -0.2) is 0 Å². The molecule has 1 fully saturated rings. The van der Waals surface area contributed by atoms with Crippen LogP contribution in [0.2, 0.25) is 10.0 Å². The second-order valence-electron chi connectivity index (χ2n) is 4.77. The molecule has 1 unspecified atom stereocenters. The molecule has 1 aliphatic carbocycles. The van der Waals surface area contributed by atoms with Gasteiger partial charge in [-0.2, -0.15) is 0 Å². The van der Waals surface area contributed by atoms with Crippen molar-refractivity contribution in [1.82, 2.24) is 5.32 Å². The Morgan fingerprint density at radius 1 is 1.29 bits per heavy atom. The van der Waals surface area contributed by atoms with Crippen molar-refractivity contribution >= 4 is 23.2 Å². The van der Waals surface area contributed by atoms with Crippen LogP contribution in [-0.4, -0.2) is 6.54 Å². The first kappa shape index (κ1) is 13.2. The molecule has 1 nitrogen and oxygen atoms in total. The summed E-state index contributed by atoms with van der Waals surface area (Å²) < 4.78 is 0. The van der Waals surface area contributed by atoms with Crippen molar-refractivity contribution in [2.24, 2.45) is 5.92 Å². The average molecular weight is 272 g/mol. The van der Waals surface area contributed by atoms with Crippen LogP contribution in [0.25, 0.3) is 0 Å². The van der Waals surface area contributed by atoms with Gasteiger partial charge in [0.05, 0.1) is 0 Å². The van der Waals surface area contributed by atoms with Crippen LogP contribution in [0.5, 0.6) is 0 Å². The summed E-state index contributed by atoms with van der Waals surface area (Å²) in [6.45, 7) is 3.06. The van der Waals surface area contributed by atoms with E-state index in [1.807, 2.05) is 18.2 Å². The molecule has 0 saturated heterocycles. The van der Waals surface area contributed by atoms with E-state index in [2.05, 4.69) is 12.2 Å². The lowest BCUT2D eigenvalue weighted by atomic mass is 10.00. The molecule has 1 aliphatic rings. The molecule has 0 bridgehead atoms. The van der Waals surface area contributed by atoms with E-state index in [4.69, 9.17) is 23.2 Å². The summed E-state index contributed by atoms with van der Waals surface area (Å²) in [6, 6.07) is 6.04. The molecule has 0 amide bonds. The van der Waals surface area contributed by atoms with E-state index >= 15 is 0 Å². The molecular weight excluding hydrogens is 253 g/mol. The fourth-order valence-electron chi connectivity index (χ4n) is 2.25.